The summed E-state index contributed by atoms with van der Waals surface area (Å²) in [5, 5.41) is 4.33. The summed E-state index contributed by atoms with van der Waals surface area (Å²) in [4.78, 5) is 25.4. The molecular formula is C24H20N4O2. The summed E-state index contributed by atoms with van der Waals surface area (Å²) < 4.78 is 5.40. The largest absolute Gasteiger partial charge is 0.497 e. The van der Waals surface area contributed by atoms with Crippen LogP contribution in [0.5, 0.6) is 5.75 Å². The molecule has 0 saturated heterocycles. The van der Waals surface area contributed by atoms with Crippen molar-refractivity contribution in [2.75, 3.05) is 12.4 Å². The molecule has 2 aromatic carbocycles. The fraction of sp³-hybridized carbons (Fsp3) is 0.167. The number of anilines is 2. The Balaban J connectivity index is 1.60. The zero-order chi connectivity index (χ0) is 20.5. The second-order valence-electron chi connectivity index (χ2n) is 7.34. The number of ether oxygens (including phenoxy) is 1. The lowest BCUT2D eigenvalue weighted by Gasteiger charge is -2.17. The third-order valence-electron chi connectivity index (χ3n) is 5.35. The molecule has 1 aliphatic carbocycles. The first-order valence-electron chi connectivity index (χ1n) is 9.86. The van der Waals surface area contributed by atoms with E-state index in [1.807, 2.05) is 42.5 Å². The van der Waals surface area contributed by atoms with Gasteiger partial charge in [0.25, 0.3) is 0 Å². The van der Waals surface area contributed by atoms with Crippen molar-refractivity contribution < 1.29 is 9.53 Å². The molecule has 148 valence electrons. The number of carbonyl (C=O) groups is 1. The number of hydrogen-bond donors (Lipinski definition) is 1. The van der Waals surface area contributed by atoms with Crippen molar-refractivity contribution in [3.8, 4) is 17.1 Å². The number of ketones is 1. The van der Waals surface area contributed by atoms with Crippen molar-refractivity contribution in [3.05, 3.63) is 72.1 Å². The number of methoxy groups -OCH3 is 1. The van der Waals surface area contributed by atoms with E-state index in [2.05, 4.69) is 16.4 Å². The quantitative estimate of drug-likeness (QED) is 0.547. The zero-order valence-corrected chi connectivity index (χ0v) is 16.6. The van der Waals surface area contributed by atoms with Gasteiger partial charge in [0.1, 0.15) is 17.4 Å². The predicted molar refractivity (Wildman–Crippen MR) is 116 cm³/mol. The molecule has 0 spiro atoms. The first-order chi connectivity index (χ1) is 14.7. The van der Waals surface area contributed by atoms with Crippen LogP contribution in [0.4, 0.5) is 11.5 Å². The van der Waals surface area contributed by atoms with Crippen molar-refractivity contribution in [2.45, 2.75) is 19.3 Å². The van der Waals surface area contributed by atoms with Crippen LogP contribution in [0.25, 0.3) is 22.3 Å². The van der Waals surface area contributed by atoms with E-state index in [0.29, 0.717) is 30.3 Å². The number of fused-ring (bicyclic) bond motifs is 2. The maximum absolute atomic E-state index is 11.7. The fourth-order valence-corrected chi connectivity index (χ4v) is 3.77. The molecule has 2 heterocycles. The van der Waals surface area contributed by atoms with Crippen molar-refractivity contribution in [1.29, 1.82) is 0 Å². The minimum Gasteiger partial charge on any atom is -0.497 e. The van der Waals surface area contributed by atoms with Crippen LogP contribution >= 0.6 is 0 Å². The lowest BCUT2D eigenvalue weighted by Crippen LogP contribution is -2.13. The number of hydrogen-bond acceptors (Lipinski definition) is 6. The number of Topliss-reactive ketones (excluding diaryl/α,β-unsaturated/α-hetero) is 1. The molecule has 1 aliphatic rings. The highest BCUT2D eigenvalue weighted by atomic mass is 16.5. The number of rotatable bonds is 4. The van der Waals surface area contributed by atoms with Gasteiger partial charge in [-0.25, -0.2) is 9.97 Å². The third kappa shape index (κ3) is 3.48. The highest BCUT2D eigenvalue weighted by molar-refractivity contribution is 5.93. The predicted octanol–water partition coefficient (Wildman–Crippen LogP) is 4.50. The van der Waals surface area contributed by atoms with Crippen molar-refractivity contribution in [3.63, 3.8) is 0 Å². The molecular weight excluding hydrogens is 376 g/mol. The highest BCUT2D eigenvalue weighted by Crippen LogP contribution is 2.31. The molecule has 30 heavy (non-hydrogen) atoms. The minimum atomic E-state index is 0.304. The molecule has 4 aromatic rings. The summed E-state index contributed by atoms with van der Waals surface area (Å²) in [7, 11) is 1.64. The Bertz CT molecular complexity index is 1260. The summed E-state index contributed by atoms with van der Waals surface area (Å²) in [5.74, 6) is 2.35. The SMILES string of the molecule is COc1ccc2nc(-c3cccnc3)nc(Nc3ccc4c(c3)CCC(=O)C4)c2c1. The molecule has 5 rings (SSSR count). The second-order valence-corrected chi connectivity index (χ2v) is 7.34. The third-order valence-corrected chi connectivity index (χ3v) is 5.35. The molecule has 0 saturated carbocycles. The molecule has 2 aromatic heterocycles. The Labute approximate surface area is 174 Å². The Hall–Kier alpha value is -3.80. The van der Waals surface area contributed by atoms with Gasteiger partial charge in [0.05, 0.1) is 12.6 Å². The van der Waals surface area contributed by atoms with Crippen LogP contribution in [0.2, 0.25) is 0 Å². The lowest BCUT2D eigenvalue weighted by molar-refractivity contribution is -0.118. The first kappa shape index (κ1) is 18.2. The van der Waals surface area contributed by atoms with E-state index in [1.165, 1.54) is 5.56 Å². The summed E-state index contributed by atoms with van der Waals surface area (Å²) >= 11 is 0. The molecule has 1 N–H and O–H groups in total. The number of pyridine rings is 1. The Morgan fingerprint density at radius 1 is 1.00 bits per heavy atom. The molecule has 6 heteroatoms. The maximum atomic E-state index is 11.7. The average molecular weight is 396 g/mol. The van der Waals surface area contributed by atoms with Crippen molar-refractivity contribution >= 4 is 28.2 Å². The van der Waals surface area contributed by atoms with Gasteiger partial charge >= 0.3 is 0 Å². The second kappa shape index (κ2) is 7.55. The molecule has 0 bridgehead atoms. The van der Waals surface area contributed by atoms with Crippen LogP contribution in [0.3, 0.4) is 0 Å². The maximum Gasteiger partial charge on any atom is 0.163 e. The van der Waals surface area contributed by atoms with E-state index in [0.717, 1.165) is 39.9 Å². The van der Waals surface area contributed by atoms with E-state index in [1.54, 1.807) is 19.5 Å². The number of carbonyl (C=O) groups excluding carboxylic acids is 1. The number of benzene rings is 2. The monoisotopic (exact) mass is 396 g/mol. The van der Waals surface area contributed by atoms with Gasteiger partial charge in [0, 0.05) is 41.9 Å². The number of aromatic nitrogens is 3. The van der Waals surface area contributed by atoms with Crippen LogP contribution in [-0.2, 0) is 17.6 Å². The van der Waals surface area contributed by atoms with E-state index in [9.17, 15) is 4.79 Å². The van der Waals surface area contributed by atoms with Crippen LogP contribution in [0, 0.1) is 0 Å². The summed E-state index contributed by atoms with van der Waals surface area (Å²) in [6.45, 7) is 0. The fourth-order valence-electron chi connectivity index (χ4n) is 3.77. The van der Waals surface area contributed by atoms with Crippen LogP contribution in [-0.4, -0.2) is 27.8 Å². The molecule has 6 nitrogen and oxygen atoms in total. The minimum absolute atomic E-state index is 0.304. The van der Waals surface area contributed by atoms with Crippen LogP contribution < -0.4 is 10.1 Å². The summed E-state index contributed by atoms with van der Waals surface area (Å²) in [6, 6.07) is 15.7. The Kier molecular flexibility index (Phi) is 4.59. The van der Waals surface area contributed by atoms with Crippen molar-refractivity contribution in [2.24, 2.45) is 0 Å². The number of aryl methyl sites for hydroxylation is 1. The van der Waals surface area contributed by atoms with Gasteiger partial charge in [-0.15, -0.1) is 0 Å². The van der Waals surface area contributed by atoms with E-state index < -0.39 is 0 Å². The average Bonchev–Trinajstić information content (AvgIpc) is 2.79. The highest BCUT2D eigenvalue weighted by Gasteiger charge is 2.17. The lowest BCUT2D eigenvalue weighted by atomic mass is 9.90. The van der Waals surface area contributed by atoms with Gasteiger partial charge in [0.2, 0.25) is 0 Å². The molecule has 0 radical (unpaired) electrons. The topological polar surface area (TPSA) is 77.0 Å². The first-order valence-corrected chi connectivity index (χ1v) is 9.86. The van der Waals surface area contributed by atoms with E-state index in [4.69, 9.17) is 14.7 Å². The van der Waals surface area contributed by atoms with Crippen molar-refractivity contribution in [1.82, 2.24) is 15.0 Å². The molecule has 0 aliphatic heterocycles. The summed E-state index contributed by atoms with van der Waals surface area (Å²) in [5.41, 5.74) is 4.92. The number of nitrogens with one attached hydrogen (secondary N) is 1. The zero-order valence-electron chi connectivity index (χ0n) is 16.6. The van der Waals surface area contributed by atoms with Gasteiger partial charge in [-0.3, -0.25) is 9.78 Å². The summed E-state index contributed by atoms with van der Waals surface area (Å²) in [6.07, 6.45) is 5.39. The van der Waals surface area contributed by atoms with Gasteiger partial charge in [-0.2, -0.15) is 0 Å². The van der Waals surface area contributed by atoms with E-state index in [-0.39, 0.29) is 0 Å². The van der Waals surface area contributed by atoms with Gasteiger partial charge < -0.3 is 10.1 Å². The van der Waals surface area contributed by atoms with E-state index >= 15 is 0 Å². The molecule has 0 atom stereocenters. The molecule has 0 unspecified atom stereocenters. The van der Waals surface area contributed by atoms with Crippen LogP contribution in [0.15, 0.2) is 60.9 Å². The van der Waals surface area contributed by atoms with Gasteiger partial charge in [0.15, 0.2) is 5.82 Å². The van der Waals surface area contributed by atoms with Gasteiger partial charge in [-0.05, 0) is 60.0 Å². The standard InChI is InChI=1S/C24H20N4O2/c1-30-20-8-9-22-21(13-20)24(28-23(27-22)17-3-2-10-25-14-17)26-18-6-4-16-12-19(29)7-5-15(16)11-18/h2-4,6,8-11,13-14H,5,7,12H2,1H3,(H,26,27,28). The molecule has 0 amide bonds. The smallest absolute Gasteiger partial charge is 0.163 e. The van der Waals surface area contributed by atoms with Crippen LogP contribution in [0.1, 0.15) is 17.5 Å². The normalized spacial score (nSPS) is 13.2. The molecule has 0 fully saturated rings. The Morgan fingerprint density at radius 2 is 1.93 bits per heavy atom. The Morgan fingerprint density at radius 3 is 2.77 bits per heavy atom. The number of nitrogens with zero attached hydrogens (tertiary/aromatic N) is 3. The van der Waals surface area contributed by atoms with Gasteiger partial charge in [-0.1, -0.05) is 6.07 Å².